The normalized spacial score (nSPS) is 22.4. The Labute approximate surface area is 108 Å². The molecule has 0 aliphatic heterocycles. The highest BCUT2D eigenvalue weighted by atomic mass is 16.3. The van der Waals surface area contributed by atoms with Gasteiger partial charge >= 0.3 is 0 Å². The Morgan fingerprint density at radius 2 is 1.94 bits per heavy atom. The molecule has 18 heavy (non-hydrogen) atoms. The highest BCUT2D eigenvalue weighted by molar-refractivity contribution is 5.57. The molecule has 0 unspecified atom stereocenters. The molecule has 0 aromatic carbocycles. The van der Waals surface area contributed by atoms with E-state index < -0.39 is 0 Å². The number of rotatable bonds is 5. The van der Waals surface area contributed by atoms with Crippen molar-refractivity contribution in [2.75, 3.05) is 24.2 Å². The Morgan fingerprint density at radius 3 is 2.50 bits per heavy atom. The fraction of sp³-hybridized carbons (Fsp3) is 0.692. The largest absolute Gasteiger partial charge is 0.393 e. The van der Waals surface area contributed by atoms with Crippen molar-refractivity contribution in [3.63, 3.8) is 0 Å². The van der Waals surface area contributed by atoms with Crippen LogP contribution in [0, 0.1) is 12.8 Å². The van der Waals surface area contributed by atoms with Crippen LogP contribution in [-0.2, 0) is 6.42 Å². The van der Waals surface area contributed by atoms with Crippen molar-refractivity contribution < 1.29 is 5.11 Å². The Kier molecular flexibility index (Phi) is 4.01. The lowest BCUT2D eigenvalue weighted by Crippen LogP contribution is -2.33. The standard InChI is InChI=1S/C13H22N4O/c1-4-11-16-12(14-3)8(2)13(17-11)15-7-9-5-10(18)6-9/h9-10,18H,4-7H2,1-3H3,(H2,14,15,16,17). The van der Waals surface area contributed by atoms with Gasteiger partial charge in [0.1, 0.15) is 17.5 Å². The van der Waals surface area contributed by atoms with Crippen LogP contribution in [0.4, 0.5) is 11.6 Å². The summed E-state index contributed by atoms with van der Waals surface area (Å²) < 4.78 is 0. The molecule has 0 amide bonds. The van der Waals surface area contributed by atoms with Crippen LogP contribution in [-0.4, -0.2) is 34.8 Å². The number of aliphatic hydroxyl groups is 1. The quantitative estimate of drug-likeness (QED) is 0.740. The van der Waals surface area contributed by atoms with Crippen LogP contribution in [0.5, 0.6) is 0 Å². The smallest absolute Gasteiger partial charge is 0.134 e. The van der Waals surface area contributed by atoms with Crippen molar-refractivity contribution in [1.29, 1.82) is 0 Å². The minimum absolute atomic E-state index is 0.0950. The van der Waals surface area contributed by atoms with Crippen LogP contribution in [0.2, 0.25) is 0 Å². The fourth-order valence-corrected chi connectivity index (χ4v) is 2.24. The van der Waals surface area contributed by atoms with Gasteiger partial charge in [-0.3, -0.25) is 0 Å². The zero-order valence-corrected chi connectivity index (χ0v) is 11.3. The second-order valence-corrected chi connectivity index (χ2v) is 4.94. The Balaban J connectivity index is 2.06. The van der Waals surface area contributed by atoms with E-state index >= 15 is 0 Å². The average Bonchev–Trinajstić information content (AvgIpc) is 2.34. The molecule has 2 rings (SSSR count). The molecule has 5 heteroatoms. The first-order valence-electron chi connectivity index (χ1n) is 6.61. The van der Waals surface area contributed by atoms with Crippen LogP contribution < -0.4 is 10.6 Å². The maximum absolute atomic E-state index is 9.27. The molecule has 0 atom stereocenters. The van der Waals surface area contributed by atoms with E-state index in [-0.39, 0.29) is 6.10 Å². The number of hydrogen-bond acceptors (Lipinski definition) is 5. The molecule has 0 bridgehead atoms. The van der Waals surface area contributed by atoms with E-state index in [1.54, 1.807) is 0 Å². The molecule has 1 aliphatic carbocycles. The topological polar surface area (TPSA) is 70.1 Å². The van der Waals surface area contributed by atoms with Crippen molar-refractivity contribution >= 4 is 11.6 Å². The summed E-state index contributed by atoms with van der Waals surface area (Å²) in [5.41, 5.74) is 1.05. The zero-order chi connectivity index (χ0) is 13.1. The lowest BCUT2D eigenvalue weighted by Gasteiger charge is -2.31. The molecule has 5 nitrogen and oxygen atoms in total. The molecular weight excluding hydrogens is 228 g/mol. The van der Waals surface area contributed by atoms with Gasteiger partial charge in [0.15, 0.2) is 0 Å². The highest BCUT2D eigenvalue weighted by Crippen LogP contribution is 2.28. The second-order valence-electron chi connectivity index (χ2n) is 4.94. The van der Waals surface area contributed by atoms with E-state index in [1.165, 1.54) is 0 Å². The number of nitrogens with zero attached hydrogens (tertiary/aromatic N) is 2. The maximum Gasteiger partial charge on any atom is 0.134 e. The molecule has 0 radical (unpaired) electrons. The Morgan fingerprint density at radius 1 is 1.28 bits per heavy atom. The molecule has 1 heterocycles. The molecule has 0 saturated heterocycles. The lowest BCUT2D eigenvalue weighted by atomic mass is 9.82. The van der Waals surface area contributed by atoms with Gasteiger partial charge in [-0.15, -0.1) is 0 Å². The van der Waals surface area contributed by atoms with E-state index in [4.69, 9.17) is 0 Å². The summed E-state index contributed by atoms with van der Waals surface area (Å²) in [5, 5.41) is 15.8. The van der Waals surface area contributed by atoms with Gasteiger partial charge in [0.25, 0.3) is 0 Å². The fourth-order valence-electron chi connectivity index (χ4n) is 2.24. The second kappa shape index (κ2) is 5.52. The van der Waals surface area contributed by atoms with Crippen LogP contribution in [0.25, 0.3) is 0 Å². The molecule has 1 saturated carbocycles. The third kappa shape index (κ3) is 2.72. The molecular formula is C13H22N4O. The summed E-state index contributed by atoms with van der Waals surface area (Å²) in [4.78, 5) is 8.97. The van der Waals surface area contributed by atoms with Crippen LogP contribution in [0.15, 0.2) is 0 Å². The summed E-state index contributed by atoms with van der Waals surface area (Å²) in [6, 6.07) is 0. The summed E-state index contributed by atoms with van der Waals surface area (Å²) in [6.45, 7) is 4.95. The van der Waals surface area contributed by atoms with Gasteiger partial charge < -0.3 is 15.7 Å². The van der Waals surface area contributed by atoms with Crippen molar-refractivity contribution in [2.45, 2.75) is 39.2 Å². The molecule has 1 aromatic heterocycles. The lowest BCUT2D eigenvalue weighted by molar-refractivity contribution is 0.0486. The van der Waals surface area contributed by atoms with E-state index in [2.05, 4.69) is 27.5 Å². The predicted octanol–water partition coefficient (Wildman–Crippen LogP) is 1.57. The highest BCUT2D eigenvalue weighted by Gasteiger charge is 2.27. The predicted molar refractivity (Wildman–Crippen MR) is 72.9 cm³/mol. The minimum Gasteiger partial charge on any atom is -0.393 e. The molecule has 3 N–H and O–H groups in total. The van der Waals surface area contributed by atoms with Crippen molar-refractivity contribution in [3.8, 4) is 0 Å². The third-order valence-corrected chi connectivity index (χ3v) is 3.51. The molecule has 1 fully saturated rings. The first-order chi connectivity index (χ1) is 8.63. The van der Waals surface area contributed by atoms with Crippen molar-refractivity contribution in [1.82, 2.24) is 9.97 Å². The van der Waals surface area contributed by atoms with Gasteiger partial charge in [0.2, 0.25) is 0 Å². The minimum atomic E-state index is -0.0950. The van der Waals surface area contributed by atoms with Crippen molar-refractivity contribution in [2.24, 2.45) is 5.92 Å². The van der Waals surface area contributed by atoms with Crippen LogP contribution in [0.1, 0.15) is 31.2 Å². The first-order valence-corrected chi connectivity index (χ1v) is 6.61. The number of aliphatic hydroxyl groups excluding tert-OH is 1. The Bertz CT molecular complexity index is 416. The van der Waals surface area contributed by atoms with E-state index in [9.17, 15) is 5.11 Å². The number of nitrogens with one attached hydrogen (secondary N) is 2. The van der Waals surface area contributed by atoms with E-state index in [0.717, 1.165) is 48.8 Å². The van der Waals surface area contributed by atoms with E-state index in [0.29, 0.717) is 5.92 Å². The summed E-state index contributed by atoms with van der Waals surface area (Å²) in [5.74, 6) is 3.21. The van der Waals surface area contributed by atoms with Crippen LogP contribution in [0.3, 0.4) is 0 Å². The first kappa shape index (κ1) is 13.1. The molecule has 1 aromatic rings. The van der Waals surface area contributed by atoms with E-state index in [1.807, 2.05) is 14.0 Å². The summed E-state index contributed by atoms with van der Waals surface area (Å²) in [6.07, 6.45) is 2.53. The average molecular weight is 250 g/mol. The van der Waals surface area contributed by atoms with Gasteiger partial charge in [-0.25, -0.2) is 9.97 Å². The summed E-state index contributed by atoms with van der Waals surface area (Å²) in [7, 11) is 1.88. The monoisotopic (exact) mass is 250 g/mol. The number of anilines is 2. The van der Waals surface area contributed by atoms with Gasteiger partial charge in [-0.1, -0.05) is 6.92 Å². The number of aryl methyl sites for hydroxylation is 1. The maximum atomic E-state index is 9.27. The number of aromatic nitrogens is 2. The molecule has 0 spiro atoms. The molecule has 100 valence electrons. The molecule has 1 aliphatic rings. The number of hydrogen-bond donors (Lipinski definition) is 3. The van der Waals surface area contributed by atoms with Crippen LogP contribution >= 0.6 is 0 Å². The van der Waals surface area contributed by atoms with Crippen molar-refractivity contribution in [3.05, 3.63) is 11.4 Å². The van der Waals surface area contributed by atoms with Gasteiger partial charge in [-0.2, -0.15) is 0 Å². The third-order valence-electron chi connectivity index (χ3n) is 3.51. The van der Waals surface area contributed by atoms with Gasteiger partial charge in [0.05, 0.1) is 6.10 Å². The van der Waals surface area contributed by atoms with Gasteiger partial charge in [0, 0.05) is 25.6 Å². The summed E-state index contributed by atoms with van der Waals surface area (Å²) >= 11 is 0. The van der Waals surface area contributed by atoms with Gasteiger partial charge in [-0.05, 0) is 25.7 Å². The Hall–Kier alpha value is -1.36. The zero-order valence-electron chi connectivity index (χ0n) is 11.3. The SMILES string of the molecule is CCc1nc(NC)c(C)c(NCC2CC(O)C2)n1.